The summed E-state index contributed by atoms with van der Waals surface area (Å²) in [6.07, 6.45) is 29.7. The van der Waals surface area contributed by atoms with Gasteiger partial charge < -0.3 is 33.8 Å². The molecule has 0 aliphatic heterocycles. The number of hydrogen-bond acceptors (Lipinski definition) is 15. The molecule has 0 saturated heterocycles. The standard InChI is InChI=1S/C61H118O17P2/c1-9-54(8)40-32-24-17-20-28-36-44-61(66)78-57(48-72-59(64)42-34-26-18-15-22-30-38-52(4)5)50-76-80(69,70)74-46-55(62)45-73-79(67,68)75-49-56(77-60(65)43-35-27-19-16-23-31-39-53(6)7)47-71-58(63)41-33-25-14-12-10-11-13-21-29-37-51(2)3/h51-57,62H,9-50H2,1-8H3,(H,67,68)(H,69,70)/t54?,55-,56-,57-/m1/s1. The first-order chi connectivity index (χ1) is 38.1. The predicted molar refractivity (Wildman–Crippen MR) is 317 cm³/mol. The summed E-state index contributed by atoms with van der Waals surface area (Å²) in [5.74, 6) is 0.662. The van der Waals surface area contributed by atoms with Crippen molar-refractivity contribution >= 4 is 39.5 Å². The minimum absolute atomic E-state index is 0.101. The van der Waals surface area contributed by atoms with Gasteiger partial charge in [0.2, 0.25) is 0 Å². The summed E-state index contributed by atoms with van der Waals surface area (Å²) in [5, 5.41) is 10.5. The minimum Gasteiger partial charge on any atom is -0.462 e. The smallest absolute Gasteiger partial charge is 0.462 e. The first-order valence-corrected chi connectivity index (χ1v) is 34.7. The Bertz CT molecular complexity index is 1610. The van der Waals surface area contributed by atoms with E-state index >= 15 is 0 Å². The number of hydrogen-bond donors (Lipinski definition) is 3. The largest absolute Gasteiger partial charge is 0.472 e. The van der Waals surface area contributed by atoms with Crippen LogP contribution in [0.3, 0.4) is 0 Å². The lowest BCUT2D eigenvalue weighted by molar-refractivity contribution is -0.161. The van der Waals surface area contributed by atoms with Gasteiger partial charge in [-0.2, -0.15) is 0 Å². The molecule has 19 heteroatoms. The number of unbranched alkanes of at least 4 members (excludes halogenated alkanes) is 23. The Balaban J connectivity index is 5.24. The number of rotatable bonds is 58. The first-order valence-electron chi connectivity index (χ1n) is 31.7. The Kier molecular flexibility index (Phi) is 50.2. The topological polar surface area (TPSA) is 237 Å². The molecule has 0 aromatic rings. The number of carbonyl (C=O) groups is 4. The number of aliphatic hydroxyl groups excluding tert-OH is 1. The molecule has 0 fully saturated rings. The van der Waals surface area contributed by atoms with Crippen molar-refractivity contribution in [1.82, 2.24) is 0 Å². The minimum atomic E-state index is -4.94. The number of aliphatic hydroxyl groups is 1. The maximum absolute atomic E-state index is 12.9. The third kappa shape index (κ3) is 54.0. The molecule has 0 rings (SSSR count). The maximum atomic E-state index is 12.9. The van der Waals surface area contributed by atoms with Gasteiger partial charge in [0.05, 0.1) is 26.4 Å². The number of esters is 4. The van der Waals surface area contributed by atoms with Crippen molar-refractivity contribution in [3.8, 4) is 0 Å². The summed E-state index contributed by atoms with van der Waals surface area (Å²) >= 11 is 0. The van der Waals surface area contributed by atoms with E-state index in [1.54, 1.807) is 0 Å². The maximum Gasteiger partial charge on any atom is 0.472 e. The zero-order valence-corrected chi connectivity index (χ0v) is 53.5. The lowest BCUT2D eigenvalue weighted by Gasteiger charge is -2.21. The van der Waals surface area contributed by atoms with Gasteiger partial charge in [-0.15, -0.1) is 0 Å². The van der Waals surface area contributed by atoms with Crippen LogP contribution in [0.25, 0.3) is 0 Å². The quantitative estimate of drug-likeness (QED) is 0.0222. The zero-order chi connectivity index (χ0) is 59.7. The van der Waals surface area contributed by atoms with Gasteiger partial charge in [-0.1, -0.05) is 235 Å². The van der Waals surface area contributed by atoms with E-state index in [0.29, 0.717) is 37.5 Å². The molecule has 0 aromatic carbocycles. The Morgan fingerprint density at radius 2 is 0.600 bits per heavy atom. The second-order valence-electron chi connectivity index (χ2n) is 23.8. The van der Waals surface area contributed by atoms with Crippen molar-refractivity contribution in [2.24, 2.45) is 23.7 Å². The third-order valence-corrected chi connectivity index (χ3v) is 16.1. The molecule has 0 bridgehead atoms. The van der Waals surface area contributed by atoms with E-state index in [2.05, 4.69) is 55.4 Å². The molecule has 0 aliphatic rings. The molecule has 0 heterocycles. The summed E-state index contributed by atoms with van der Waals surface area (Å²) in [4.78, 5) is 72.0. The first kappa shape index (κ1) is 78.1. The van der Waals surface area contributed by atoms with E-state index in [0.717, 1.165) is 108 Å². The van der Waals surface area contributed by atoms with Gasteiger partial charge in [-0.05, 0) is 49.4 Å². The molecule has 3 unspecified atom stereocenters. The van der Waals surface area contributed by atoms with Crippen molar-refractivity contribution in [3.63, 3.8) is 0 Å². The van der Waals surface area contributed by atoms with Crippen molar-refractivity contribution < 1.29 is 80.2 Å². The summed E-state index contributed by atoms with van der Waals surface area (Å²) < 4.78 is 67.8. The normalized spacial score (nSPS) is 14.9. The van der Waals surface area contributed by atoms with Gasteiger partial charge in [0.15, 0.2) is 12.2 Å². The van der Waals surface area contributed by atoms with E-state index in [9.17, 15) is 43.2 Å². The van der Waals surface area contributed by atoms with Crippen LogP contribution in [0.1, 0.15) is 287 Å². The molecule has 0 spiro atoms. The molecule has 474 valence electrons. The van der Waals surface area contributed by atoms with Crippen LogP contribution in [0.5, 0.6) is 0 Å². The summed E-state index contributed by atoms with van der Waals surface area (Å²) in [5.41, 5.74) is 0. The van der Waals surface area contributed by atoms with Crippen molar-refractivity contribution in [2.45, 2.75) is 305 Å². The molecule has 0 aromatic heterocycles. The van der Waals surface area contributed by atoms with E-state index in [-0.39, 0.29) is 25.7 Å². The molecular weight excluding hydrogens is 1070 g/mol. The second kappa shape index (κ2) is 51.5. The van der Waals surface area contributed by atoms with E-state index < -0.39 is 97.5 Å². The summed E-state index contributed by atoms with van der Waals surface area (Å²) in [6.45, 7) is 13.8. The Hall–Kier alpha value is -1.94. The fraction of sp³-hybridized carbons (Fsp3) is 0.934. The van der Waals surface area contributed by atoms with Gasteiger partial charge in [-0.3, -0.25) is 37.3 Å². The van der Waals surface area contributed by atoms with Crippen LogP contribution in [-0.2, 0) is 65.4 Å². The van der Waals surface area contributed by atoms with Gasteiger partial charge >= 0.3 is 39.5 Å². The Morgan fingerprint density at radius 3 is 0.887 bits per heavy atom. The Labute approximate surface area is 486 Å². The van der Waals surface area contributed by atoms with Crippen LogP contribution in [-0.4, -0.2) is 96.7 Å². The fourth-order valence-corrected chi connectivity index (χ4v) is 10.4. The van der Waals surface area contributed by atoms with Crippen LogP contribution in [0.4, 0.5) is 0 Å². The predicted octanol–water partition coefficient (Wildman–Crippen LogP) is 16.2. The van der Waals surface area contributed by atoms with Crippen LogP contribution in [0, 0.1) is 23.7 Å². The van der Waals surface area contributed by atoms with Crippen molar-refractivity contribution in [3.05, 3.63) is 0 Å². The summed E-state index contributed by atoms with van der Waals surface area (Å²) in [7, 11) is -9.88. The van der Waals surface area contributed by atoms with Crippen molar-refractivity contribution in [1.29, 1.82) is 0 Å². The molecule has 80 heavy (non-hydrogen) atoms. The number of carbonyl (C=O) groups excluding carboxylic acids is 4. The molecule has 0 saturated carbocycles. The van der Waals surface area contributed by atoms with Gasteiger partial charge in [0, 0.05) is 25.7 Å². The van der Waals surface area contributed by atoms with E-state index in [4.69, 9.17) is 37.0 Å². The Morgan fingerprint density at radius 1 is 0.350 bits per heavy atom. The number of phosphoric ester groups is 2. The molecule has 0 amide bonds. The fourth-order valence-electron chi connectivity index (χ4n) is 8.87. The highest BCUT2D eigenvalue weighted by Gasteiger charge is 2.30. The highest BCUT2D eigenvalue weighted by Crippen LogP contribution is 2.45. The number of phosphoric acid groups is 2. The second-order valence-corrected chi connectivity index (χ2v) is 26.7. The highest BCUT2D eigenvalue weighted by atomic mass is 31.2. The van der Waals surface area contributed by atoms with Gasteiger partial charge in [0.25, 0.3) is 0 Å². The van der Waals surface area contributed by atoms with Crippen LogP contribution >= 0.6 is 15.6 Å². The van der Waals surface area contributed by atoms with Gasteiger partial charge in [0.1, 0.15) is 19.3 Å². The average Bonchev–Trinajstić information content (AvgIpc) is 3.40. The average molecular weight is 1190 g/mol. The van der Waals surface area contributed by atoms with E-state index in [1.165, 1.54) is 83.5 Å². The molecule has 0 aliphatic carbocycles. The molecular formula is C61H118O17P2. The van der Waals surface area contributed by atoms with Crippen LogP contribution in [0.2, 0.25) is 0 Å². The molecule has 3 N–H and O–H groups in total. The lowest BCUT2D eigenvalue weighted by Crippen LogP contribution is -2.30. The summed E-state index contributed by atoms with van der Waals surface area (Å²) in [6, 6.07) is 0. The monoisotopic (exact) mass is 1180 g/mol. The third-order valence-electron chi connectivity index (χ3n) is 14.2. The molecule has 17 nitrogen and oxygen atoms in total. The highest BCUT2D eigenvalue weighted by molar-refractivity contribution is 7.47. The number of ether oxygens (including phenoxy) is 4. The molecule has 6 atom stereocenters. The van der Waals surface area contributed by atoms with Gasteiger partial charge in [-0.25, -0.2) is 9.13 Å². The lowest BCUT2D eigenvalue weighted by atomic mass is 10.00. The zero-order valence-electron chi connectivity index (χ0n) is 51.7. The van der Waals surface area contributed by atoms with E-state index in [1.807, 2.05) is 0 Å². The van der Waals surface area contributed by atoms with Crippen LogP contribution < -0.4 is 0 Å². The SMILES string of the molecule is CCC(C)CCCCCCCCC(=O)O[C@H](COC(=O)CCCCCCCCC(C)C)COP(=O)(O)OC[C@H](O)COP(=O)(O)OC[C@@H](COC(=O)CCCCCCCCCCCC(C)C)OC(=O)CCCCCCCCC(C)C. The van der Waals surface area contributed by atoms with Crippen LogP contribution in [0.15, 0.2) is 0 Å². The molecule has 0 radical (unpaired) electrons. The van der Waals surface area contributed by atoms with Crippen molar-refractivity contribution in [2.75, 3.05) is 39.6 Å².